The molecule has 2 atom stereocenters. The Labute approximate surface area is 185 Å². The van der Waals surface area contributed by atoms with Gasteiger partial charge < -0.3 is 24.8 Å². The second kappa shape index (κ2) is 19.2. The normalized spacial score (nSPS) is 13.7. The molecule has 0 aliphatic heterocycles. The van der Waals surface area contributed by atoms with Crippen LogP contribution in [0.15, 0.2) is 18.2 Å². The zero-order valence-corrected chi connectivity index (χ0v) is 20.7. The Kier molecular flexibility index (Phi) is 19.4. The molecule has 1 aliphatic carbocycles. The molecule has 0 saturated heterocycles. The molecular weight excluding hydrogens is 380 g/mol. The average Bonchev–Trinajstić information content (AvgIpc) is 3.62. The number of ether oxygens (including phenoxy) is 3. The van der Waals surface area contributed by atoms with Crippen molar-refractivity contribution in [2.75, 3.05) is 27.9 Å². The Bertz CT molecular complexity index is 526. The largest absolute Gasteiger partial charge is 0.493 e. The lowest BCUT2D eigenvalue weighted by atomic mass is 10.1. The van der Waals surface area contributed by atoms with E-state index in [1.807, 2.05) is 43.9 Å². The number of rotatable bonds is 9. The van der Waals surface area contributed by atoms with Crippen LogP contribution in [0, 0.1) is 0 Å². The summed E-state index contributed by atoms with van der Waals surface area (Å²) in [5.74, 6) is 1.40. The molecule has 1 fully saturated rings. The number of methoxy groups -OCH3 is 3. The molecule has 30 heavy (non-hydrogen) atoms. The van der Waals surface area contributed by atoms with Crippen LogP contribution < -0.4 is 15.2 Å². The first-order chi connectivity index (χ1) is 14.5. The second-order valence-corrected chi connectivity index (χ2v) is 6.78. The zero-order valence-electron chi connectivity index (χ0n) is 20.7. The first-order valence-electron chi connectivity index (χ1n) is 11.1. The summed E-state index contributed by atoms with van der Waals surface area (Å²) in [5.41, 5.74) is 6.33. The summed E-state index contributed by atoms with van der Waals surface area (Å²) in [5, 5.41) is 0. The Morgan fingerprint density at radius 2 is 1.63 bits per heavy atom. The molecule has 176 valence electrons. The molecule has 2 rings (SSSR count). The van der Waals surface area contributed by atoms with Crippen LogP contribution in [0.3, 0.4) is 0 Å². The quantitative estimate of drug-likeness (QED) is 0.550. The summed E-state index contributed by atoms with van der Waals surface area (Å²) in [7, 11) is 4.91. The Balaban J connectivity index is 0. The minimum Gasteiger partial charge on any atom is -0.493 e. The first-order valence-corrected chi connectivity index (χ1v) is 11.1. The molecule has 1 aliphatic rings. The van der Waals surface area contributed by atoms with Gasteiger partial charge in [0.2, 0.25) is 6.41 Å². The van der Waals surface area contributed by atoms with Gasteiger partial charge in [0.1, 0.15) is 0 Å². The van der Waals surface area contributed by atoms with E-state index in [1.165, 1.54) is 6.42 Å². The summed E-state index contributed by atoms with van der Waals surface area (Å²) in [6.07, 6.45) is 5.68. The van der Waals surface area contributed by atoms with Crippen molar-refractivity contribution in [3.05, 3.63) is 23.8 Å². The minimum absolute atomic E-state index is 0.0646. The molecule has 2 N–H and O–H groups in total. The maximum atomic E-state index is 11.1. The third-order valence-corrected chi connectivity index (χ3v) is 4.48. The van der Waals surface area contributed by atoms with Gasteiger partial charge in [0.15, 0.2) is 11.5 Å². The molecule has 0 spiro atoms. The van der Waals surface area contributed by atoms with E-state index in [9.17, 15) is 4.79 Å². The van der Waals surface area contributed by atoms with Gasteiger partial charge in [-0.1, -0.05) is 47.1 Å². The summed E-state index contributed by atoms with van der Waals surface area (Å²) >= 11 is 0. The van der Waals surface area contributed by atoms with Crippen molar-refractivity contribution in [3.8, 4) is 11.5 Å². The van der Waals surface area contributed by atoms with Gasteiger partial charge in [-0.05, 0) is 43.9 Å². The van der Waals surface area contributed by atoms with Gasteiger partial charge in [-0.3, -0.25) is 4.79 Å². The molecule has 0 bridgehead atoms. The van der Waals surface area contributed by atoms with Crippen LogP contribution in [-0.4, -0.2) is 51.3 Å². The van der Waals surface area contributed by atoms with Crippen molar-refractivity contribution in [1.82, 2.24) is 4.90 Å². The summed E-state index contributed by atoms with van der Waals surface area (Å²) in [4.78, 5) is 13.0. The lowest BCUT2D eigenvalue weighted by molar-refractivity contribution is -0.120. The Morgan fingerprint density at radius 1 is 1.10 bits per heavy atom. The van der Waals surface area contributed by atoms with Gasteiger partial charge in [0, 0.05) is 19.7 Å². The SMILES string of the molecule is CC.CCC.CCC(CN)OC.COc1ccc([C@H](C)N(C=O)C2CC2)cc1OC. The van der Waals surface area contributed by atoms with Crippen molar-refractivity contribution in [2.24, 2.45) is 5.73 Å². The molecule has 0 aromatic heterocycles. The fourth-order valence-electron chi connectivity index (χ4n) is 2.58. The highest BCUT2D eigenvalue weighted by Gasteiger charge is 2.31. The molecule has 1 saturated carbocycles. The van der Waals surface area contributed by atoms with Gasteiger partial charge >= 0.3 is 0 Å². The number of hydrogen-bond acceptors (Lipinski definition) is 5. The third kappa shape index (κ3) is 11.4. The van der Waals surface area contributed by atoms with Gasteiger partial charge in [0.05, 0.1) is 26.4 Å². The monoisotopic (exact) mass is 426 g/mol. The predicted octanol–water partition coefficient (Wildman–Crippen LogP) is 5.20. The van der Waals surface area contributed by atoms with Gasteiger partial charge in [-0.2, -0.15) is 0 Å². The van der Waals surface area contributed by atoms with Crippen molar-refractivity contribution in [1.29, 1.82) is 0 Å². The van der Waals surface area contributed by atoms with E-state index in [2.05, 4.69) is 20.8 Å². The molecule has 1 aromatic rings. The maximum Gasteiger partial charge on any atom is 0.210 e. The van der Waals surface area contributed by atoms with Crippen molar-refractivity contribution in [2.45, 2.75) is 85.4 Å². The van der Waals surface area contributed by atoms with Crippen LogP contribution >= 0.6 is 0 Å². The fourth-order valence-corrected chi connectivity index (χ4v) is 2.58. The molecule has 0 heterocycles. The topological polar surface area (TPSA) is 74.0 Å². The molecule has 6 heteroatoms. The maximum absolute atomic E-state index is 11.1. The smallest absolute Gasteiger partial charge is 0.210 e. The Morgan fingerprint density at radius 3 is 1.93 bits per heavy atom. The van der Waals surface area contributed by atoms with Crippen LogP contribution in [-0.2, 0) is 9.53 Å². The van der Waals surface area contributed by atoms with E-state index in [-0.39, 0.29) is 12.1 Å². The summed E-state index contributed by atoms with van der Waals surface area (Å²) in [6, 6.07) is 6.26. The van der Waals surface area contributed by atoms with Crippen LogP contribution in [0.2, 0.25) is 0 Å². The number of carbonyl (C=O) groups is 1. The number of nitrogens with two attached hydrogens (primary N) is 1. The van der Waals surface area contributed by atoms with E-state index in [1.54, 1.807) is 21.3 Å². The van der Waals surface area contributed by atoms with E-state index in [0.29, 0.717) is 24.1 Å². The highest BCUT2D eigenvalue weighted by Crippen LogP contribution is 2.36. The summed E-state index contributed by atoms with van der Waals surface area (Å²) < 4.78 is 15.4. The predicted molar refractivity (Wildman–Crippen MR) is 126 cm³/mol. The molecular formula is C24H46N2O4. The molecule has 1 aromatic carbocycles. The average molecular weight is 427 g/mol. The third-order valence-electron chi connectivity index (χ3n) is 4.48. The Hall–Kier alpha value is -1.79. The van der Waals surface area contributed by atoms with Crippen LogP contribution in [0.5, 0.6) is 11.5 Å². The number of carbonyl (C=O) groups excluding carboxylic acids is 1. The number of nitrogens with zero attached hydrogens (tertiary/aromatic N) is 1. The highest BCUT2D eigenvalue weighted by molar-refractivity contribution is 5.51. The molecule has 0 radical (unpaired) electrons. The van der Waals surface area contributed by atoms with E-state index in [0.717, 1.165) is 31.2 Å². The van der Waals surface area contributed by atoms with Crippen molar-refractivity contribution >= 4 is 6.41 Å². The standard InChI is InChI=1S/C14H19NO3.C5H13NO.C3H8.C2H6/c1-10(15(9-16)12-5-6-12)11-4-7-13(17-2)14(8-11)18-3;1-3-5(4-6)7-2;1-3-2;1-2/h4,7-10,12H,5-6H2,1-3H3;5H,3-4,6H2,1-2H3;3H2,1-2H3;1-2H3/t10-;;;/m0.../s1. The van der Waals surface area contributed by atoms with Crippen molar-refractivity contribution in [3.63, 3.8) is 0 Å². The van der Waals surface area contributed by atoms with Gasteiger partial charge in [-0.25, -0.2) is 0 Å². The van der Waals surface area contributed by atoms with Crippen LogP contribution in [0.4, 0.5) is 0 Å². The fraction of sp³-hybridized carbons (Fsp3) is 0.708. The molecule has 6 nitrogen and oxygen atoms in total. The molecule has 1 unspecified atom stereocenters. The van der Waals surface area contributed by atoms with E-state index in [4.69, 9.17) is 19.9 Å². The minimum atomic E-state index is 0.0646. The number of hydrogen-bond donors (Lipinski definition) is 1. The second-order valence-electron chi connectivity index (χ2n) is 6.78. The lowest BCUT2D eigenvalue weighted by Gasteiger charge is -2.25. The molecule has 1 amide bonds. The van der Waals surface area contributed by atoms with Crippen molar-refractivity contribution < 1.29 is 19.0 Å². The van der Waals surface area contributed by atoms with Gasteiger partial charge in [-0.15, -0.1) is 0 Å². The summed E-state index contributed by atoms with van der Waals surface area (Å²) in [6.45, 7) is 13.0. The van der Waals surface area contributed by atoms with E-state index >= 15 is 0 Å². The van der Waals surface area contributed by atoms with Crippen LogP contribution in [0.25, 0.3) is 0 Å². The number of amides is 1. The van der Waals surface area contributed by atoms with Crippen LogP contribution in [0.1, 0.15) is 78.8 Å². The van der Waals surface area contributed by atoms with E-state index < -0.39 is 0 Å². The lowest BCUT2D eigenvalue weighted by Crippen LogP contribution is -2.27. The van der Waals surface area contributed by atoms with Gasteiger partial charge in [0.25, 0.3) is 0 Å². The first kappa shape index (κ1) is 30.4. The zero-order chi connectivity index (χ0) is 23.5. The number of benzene rings is 1. The highest BCUT2D eigenvalue weighted by atomic mass is 16.5.